The van der Waals surface area contributed by atoms with E-state index in [0.29, 0.717) is 12.9 Å². The molecule has 2 heterocycles. The smallest absolute Gasteiger partial charge is 0.334 e. The summed E-state index contributed by atoms with van der Waals surface area (Å²) in [5, 5.41) is 11.0. The van der Waals surface area contributed by atoms with E-state index in [1.54, 1.807) is 6.92 Å². The Labute approximate surface area is 151 Å². The van der Waals surface area contributed by atoms with Crippen LogP contribution < -0.4 is 0 Å². The molecule has 0 aromatic carbocycles. The number of epoxide rings is 1. The molecule has 1 saturated carbocycles. The second kappa shape index (κ2) is 6.17. The molecule has 0 aromatic heterocycles. The van der Waals surface area contributed by atoms with Crippen LogP contribution in [0.4, 0.5) is 0 Å². The average Bonchev–Trinajstić information content (AvgIpc) is 3.39. The van der Waals surface area contributed by atoms with Gasteiger partial charge in [-0.1, -0.05) is 26.7 Å². The summed E-state index contributed by atoms with van der Waals surface area (Å²) in [5.41, 5.74) is -0.615. The number of hydrogen-bond donors (Lipinski definition) is 1. The van der Waals surface area contributed by atoms with Gasteiger partial charge in [-0.05, 0) is 12.5 Å². The molecule has 0 spiro atoms. The molecule has 0 aromatic rings. The van der Waals surface area contributed by atoms with Crippen LogP contribution in [-0.4, -0.2) is 54.4 Å². The van der Waals surface area contributed by atoms with Crippen LogP contribution in [0.25, 0.3) is 0 Å². The van der Waals surface area contributed by atoms with Crippen molar-refractivity contribution in [2.75, 3.05) is 6.61 Å². The van der Waals surface area contributed by atoms with Gasteiger partial charge in [0.05, 0.1) is 18.6 Å². The van der Waals surface area contributed by atoms with Gasteiger partial charge in [0.15, 0.2) is 0 Å². The molecule has 7 heteroatoms. The van der Waals surface area contributed by atoms with Crippen LogP contribution in [0.1, 0.15) is 13.8 Å². The van der Waals surface area contributed by atoms with Crippen LogP contribution in [0.3, 0.4) is 0 Å². The lowest BCUT2D eigenvalue weighted by atomic mass is 9.56. The Morgan fingerprint density at radius 2 is 2.04 bits per heavy atom. The molecule has 0 unspecified atom stereocenters. The Kier molecular flexibility index (Phi) is 4.40. The van der Waals surface area contributed by atoms with E-state index in [4.69, 9.17) is 14.2 Å². The third kappa shape index (κ3) is 2.54. The van der Waals surface area contributed by atoms with Gasteiger partial charge >= 0.3 is 11.9 Å². The summed E-state index contributed by atoms with van der Waals surface area (Å²) in [6, 6.07) is 0. The standard InChI is InChI=1S/C19H22O7/c1-8(2)17(22)25-14-12-10(4)18(23)26-15(12)16(21)19(5,11-7-24-11)13(14)9(3)6-20/h6,11-16,21H,1,3-4,7H2,2,5H3/t11-,12+,13+,14+,15+,16+,19-/m0/s1. The quantitative estimate of drug-likeness (QED) is 0.333. The Balaban J connectivity index is 2.13. The number of rotatable bonds is 5. The number of aldehydes is 1. The van der Waals surface area contributed by atoms with Crippen LogP contribution in [0.2, 0.25) is 0 Å². The minimum atomic E-state index is -1.13. The van der Waals surface area contributed by atoms with Gasteiger partial charge in [-0.25, -0.2) is 9.59 Å². The molecular weight excluding hydrogens is 340 g/mol. The van der Waals surface area contributed by atoms with E-state index < -0.39 is 47.5 Å². The second-order valence-electron chi connectivity index (χ2n) is 7.37. The molecule has 3 rings (SSSR count). The minimum Gasteiger partial charge on any atom is -0.458 e. The Hall–Kier alpha value is -2.25. The van der Waals surface area contributed by atoms with E-state index in [2.05, 4.69) is 19.7 Å². The lowest BCUT2D eigenvalue weighted by Gasteiger charge is -2.51. The monoisotopic (exact) mass is 362 g/mol. The molecule has 3 fully saturated rings. The highest BCUT2D eigenvalue weighted by Gasteiger charge is 2.68. The maximum Gasteiger partial charge on any atom is 0.334 e. The SMILES string of the molecule is C=C(C)C(=O)O[C@@H]1[C@H]2C(=C)C(=O)O[C@H]2[C@@H](O)[C@@](C)([C@@H]2CO2)[C@@H]1C(=C)C=O. The summed E-state index contributed by atoms with van der Waals surface area (Å²) in [5.74, 6) is -2.88. The van der Waals surface area contributed by atoms with Crippen LogP contribution in [-0.2, 0) is 28.6 Å². The fourth-order valence-corrected chi connectivity index (χ4v) is 4.20. The molecule has 3 aliphatic rings. The normalized spacial score (nSPS) is 41.0. The van der Waals surface area contributed by atoms with Crippen molar-refractivity contribution < 1.29 is 33.7 Å². The van der Waals surface area contributed by atoms with Crippen LogP contribution in [0.5, 0.6) is 0 Å². The molecule has 26 heavy (non-hydrogen) atoms. The van der Waals surface area contributed by atoms with Gasteiger partial charge in [-0.2, -0.15) is 0 Å². The Morgan fingerprint density at radius 3 is 2.54 bits per heavy atom. The summed E-state index contributed by atoms with van der Waals surface area (Å²) in [6.07, 6.45) is -2.84. The largest absolute Gasteiger partial charge is 0.458 e. The predicted molar refractivity (Wildman–Crippen MR) is 89.8 cm³/mol. The van der Waals surface area contributed by atoms with E-state index in [9.17, 15) is 19.5 Å². The molecule has 2 aliphatic heterocycles. The van der Waals surface area contributed by atoms with Gasteiger partial charge in [0, 0.05) is 22.5 Å². The Bertz CT molecular complexity index is 719. The van der Waals surface area contributed by atoms with Crippen molar-refractivity contribution in [3.8, 4) is 0 Å². The molecular formula is C19H22O7. The molecule has 1 aliphatic carbocycles. The zero-order valence-corrected chi connectivity index (χ0v) is 14.8. The lowest BCUT2D eigenvalue weighted by molar-refractivity contribution is -0.195. The van der Waals surface area contributed by atoms with E-state index in [-0.39, 0.29) is 22.8 Å². The zero-order valence-electron chi connectivity index (χ0n) is 14.8. The van der Waals surface area contributed by atoms with Gasteiger partial charge in [-0.15, -0.1) is 0 Å². The molecule has 0 amide bonds. The second-order valence-corrected chi connectivity index (χ2v) is 7.37. The first-order valence-corrected chi connectivity index (χ1v) is 8.34. The number of carbonyl (C=O) groups excluding carboxylic acids is 3. The van der Waals surface area contributed by atoms with Gasteiger partial charge in [-0.3, -0.25) is 4.79 Å². The minimum absolute atomic E-state index is 0.0935. The van der Waals surface area contributed by atoms with Crippen molar-refractivity contribution in [3.63, 3.8) is 0 Å². The van der Waals surface area contributed by atoms with E-state index >= 15 is 0 Å². The third-order valence-electron chi connectivity index (χ3n) is 5.73. The highest BCUT2D eigenvalue weighted by atomic mass is 16.6. The van der Waals surface area contributed by atoms with Gasteiger partial charge in [0.1, 0.15) is 24.6 Å². The highest BCUT2D eigenvalue weighted by Crippen LogP contribution is 2.56. The molecule has 0 radical (unpaired) electrons. The van der Waals surface area contributed by atoms with Crippen molar-refractivity contribution in [1.29, 1.82) is 0 Å². The van der Waals surface area contributed by atoms with Gasteiger partial charge in [0.25, 0.3) is 0 Å². The van der Waals surface area contributed by atoms with Gasteiger partial charge in [0.2, 0.25) is 0 Å². The molecule has 7 atom stereocenters. The first-order valence-electron chi connectivity index (χ1n) is 8.34. The van der Waals surface area contributed by atoms with Crippen LogP contribution >= 0.6 is 0 Å². The summed E-state index contributed by atoms with van der Waals surface area (Å²) >= 11 is 0. The lowest BCUT2D eigenvalue weighted by Crippen LogP contribution is -2.63. The number of aliphatic hydroxyl groups excluding tert-OH is 1. The maximum atomic E-state index is 12.2. The van der Waals surface area contributed by atoms with Crippen molar-refractivity contribution >= 4 is 18.2 Å². The number of esters is 2. The number of ether oxygens (including phenoxy) is 3. The van der Waals surface area contributed by atoms with E-state index in [1.807, 2.05) is 0 Å². The third-order valence-corrected chi connectivity index (χ3v) is 5.73. The van der Waals surface area contributed by atoms with Gasteiger partial charge < -0.3 is 19.3 Å². The molecule has 140 valence electrons. The average molecular weight is 362 g/mol. The fourth-order valence-electron chi connectivity index (χ4n) is 4.20. The van der Waals surface area contributed by atoms with Crippen molar-refractivity contribution in [2.24, 2.45) is 17.3 Å². The first-order chi connectivity index (χ1) is 12.1. The topological polar surface area (TPSA) is 102 Å². The molecule has 1 N–H and O–H groups in total. The number of carbonyl (C=O) groups is 3. The highest BCUT2D eigenvalue weighted by molar-refractivity contribution is 5.92. The molecule has 0 bridgehead atoms. The number of aliphatic hydroxyl groups is 1. The maximum absolute atomic E-state index is 12.2. The zero-order chi connectivity index (χ0) is 19.4. The summed E-state index contributed by atoms with van der Waals surface area (Å²) in [7, 11) is 0. The number of fused-ring (bicyclic) bond motifs is 1. The van der Waals surface area contributed by atoms with Crippen LogP contribution in [0, 0.1) is 17.3 Å². The molecule has 2 saturated heterocycles. The van der Waals surface area contributed by atoms with Crippen molar-refractivity contribution in [2.45, 2.75) is 38.3 Å². The van der Waals surface area contributed by atoms with Crippen LogP contribution in [0.15, 0.2) is 36.5 Å². The predicted octanol–water partition coefficient (Wildman–Crippen LogP) is 0.723. The number of hydrogen-bond acceptors (Lipinski definition) is 7. The first kappa shape index (κ1) is 18.5. The van der Waals surface area contributed by atoms with Crippen molar-refractivity contribution in [1.82, 2.24) is 0 Å². The van der Waals surface area contributed by atoms with E-state index in [0.717, 1.165) is 0 Å². The fraction of sp³-hybridized carbons (Fsp3) is 0.526. The summed E-state index contributed by atoms with van der Waals surface area (Å²) < 4.78 is 16.4. The summed E-state index contributed by atoms with van der Waals surface area (Å²) in [4.78, 5) is 35.9. The molecule has 7 nitrogen and oxygen atoms in total. The van der Waals surface area contributed by atoms with E-state index in [1.165, 1.54) is 6.92 Å². The van der Waals surface area contributed by atoms with Crippen molar-refractivity contribution in [3.05, 3.63) is 36.5 Å². The Morgan fingerprint density at radius 1 is 1.42 bits per heavy atom. The summed E-state index contributed by atoms with van der Waals surface area (Å²) in [6.45, 7) is 14.7.